The standard InChI is InChI=1S/C15H13N3O2S/c1-9(11-7-6-10(19)8-13(11)20)17-18-15-16-12-4-2-3-5-14(12)21-15/h2-8,19-20H,1H3,(H,16,18)/b17-9+. The Labute approximate surface area is 125 Å². The number of phenols is 2. The van der Waals surface area contributed by atoms with Gasteiger partial charge in [-0.3, -0.25) is 5.43 Å². The number of para-hydroxylation sites is 1. The van der Waals surface area contributed by atoms with Crippen molar-refractivity contribution in [3.8, 4) is 11.5 Å². The van der Waals surface area contributed by atoms with Crippen molar-refractivity contribution in [1.82, 2.24) is 4.98 Å². The van der Waals surface area contributed by atoms with Gasteiger partial charge >= 0.3 is 0 Å². The van der Waals surface area contributed by atoms with Crippen molar-refractivity contribution in [2.75, 3.05) is 5.43 Å². The molecule has 0 unspecified atom stereocenters. The predicted molar refractivity (Wildman–Crippen MR) is 85.2 cm³/mol. The van der Waals surface area contributed by atoms with E-state index in [4.69, 9.17) is 0 Å². The van der Waals surface area contributed by atoms with Gasteiger partial charge in [0.15, 0.2) is 0 Å². The fourth-order valence-corrected chi connectivity index (χ4v) is 2.75. The molecule has 6 heteroatoms. The maximum absolute atomic E-state index is 9.79. The second-order valence-electron chi connectivity index (χ2n) is 4.50. The van der Waals surface area contributed by atoms with E-state index in [1.807, 2.05) is 24.3 Å². The molecule has 0 saturated heterocycles. The lowest BCUT2D eigenvalue weighted by molar-refractivity contribution is 0.450. The molecule has 0 radical (unpaired) electrons. The molecule has 1 heterocycles. The molecule has 2 aromatic carbocycles. The molecule has 0 aliphatic rings. The number of hydrogen-bond donors (Lipinski definition) is 3. The first-order chi connectivity index (χ1) is 10.1. The minimum atomic E-state index is -0.0117. The molecule has 3 aromatic rings. The summed E-state index contributed by atoms with van der Waals surface area (Å²) in [5.41, 5.74) is 4.98. The molecule has 0 fully saturated rings. The van der Waals surface area contributed by atoms with E-state index < -0.39 is 0 Å². The maximum Gasteiger partial charge on any atom is 0.204 e. The molecule has 3 rings (SSSR count). The van der Waals surface area contributed by atoms with Crippen molar-refractivity contribution in [2.45, 2.75) is 6.92 Å². The molecule has 21 heavy (non-hydrogen) atoms. The molecule has 0 aliphatic heterocycles. The highest BCUT2D eigenvalue weighted by Gasteiger charge is 2.06. The molecule has 0 atom stereocenters. The summed E-state index contributed by atoms with van der Waals surface area (Å²) in [6.45, 7) is 1.77. The minimum absolute atomic E-state index is 0.0117. The Morgan fingerprint density at radius 3 is 2.76 bits per heavy atom. The molecule has 106 valence electrons. The Morgan fingerprint density at radius 2 is 2.00 bits per heavy atom. The second kappa shape index (κ2) is 5.41. The van der Waals surface area contributed by atoms with Gasteiger partial charge in [-0.05, 0) is 31.2 Å². The van der Waals surface area contributed by atoms with Crippen LogP contribution in [0.15, 0.2) is 47.6 Å². The summed E-state index contributed by atoms with van der Waals surface area (Å²) in [6.07, 6.45) is 0. The van der Waals surface area contributed by atoms with Crippen LogP contribution in [0.4, 0.5) is 5.13 Å². The number of nitrogens with zero attached hydrogens (tertiary/aromatic N) is 2. The maximum atomic E-state index is 9.79. The number of rotatable bonds is 3. The molecule has 3 N–H and O–H groups in total. The Balaban J connectivity index is 1.84. The third-order valence-corrected chi connectivity index (χ3v) is 3.93. The highest BCUT2D eigenvalue weighted by atomic mass is 32.1. The lowest BCUT2D eigenvalue weighted by Crippen LogP contribution is -1.99. The van der Waals surface area contributed by atoms with E-state index in [1.165, 1.54) is 23.5 Å². The zero-order valence-corrected chi connectivity index (χ0v) is 12.1. The summed E-state index contributed by atoms with van der Waals surface area (Å²) in [5.74, 6) is 0.00512. The van der Waals surface area contributed by atoms with Gasteiger partial charge in [0.2, 0.25) is 5.13 Å². The number of phenolic OH excluding ortho intramolecular Hbond substituents is 2. The Bertz CT molecular complexity index is 794. The lowest BCUT2D eigenvalue weighted by atomic mass is 10.1. The molecule has 0 spiro atoms. The molecule has 5 nitrogen and oxygen atoms in total. The number of benzene rings is 2. The van der Waals surface area contributed by atoms with Crippen molar-refractivity contribution in [3.05, 3.63) is 48.0 Å². The van der Waals surface area contributed by atoms with Crippen LogP contribution in [0.1, 0.15) is 12.5 Å². The highest BCUT2D eigenvalue weighted by molar-refractivity contribution is 7.22. The van der Waals surface area contributed by atoms with Gasteiger partial charge in [0.25, 0.3) is 0 Å². The zero-order chi connectivity index (χ0) is 14.8. The predicted octanol–water partition coefficient (Wildman–Crippen LogP) is 3.54. The van der Waals surface area contributed by atoms with Crippen LogP contribution in [-0.2, 0) is 0 Å². The lowest BCUT2D eigenvalue weighted by Gasteiger charge is -2.04. The summed E-state index contributed by atoms with van der Waals surface area (Å²) in [5, 5.41) is 24.0. The van der Waals surface area contributed by atoms with Gasteiger partial charge in [0, 0.05) is 11.6 Å². The van der Waals surface area contributed by atoms with E-state index in [9.17, 15) is 10.2 Å². The summed E-state index contributed by atoms with van der Waals surface area (Å²) >= 11 is 1.51. The minimum Gasteiger partial charge on any atom is -0.508 e. The number of fused-ring (bicyclic) bond motifs is 1. The Hall–Kier alpha value is -2.60. The van der Waals surface area contributed by atoms with Gasteiger partial charge in [-0.15, -0.1) is 0 Å². The average Bonchev–Trinajstić information content (AvgIpc) is 2.87. The van der Waals surface area contributed by atoms with Crippen LogP contribution in [0.25, 0.3) is 10.2 Å². The van der Waals surface area contributed by atoms with E-state index in [2.05, 4.69) is 15.5 Å². The summed E-state index contributed by atoms with van der Waals surface area (Å²) in [7, 11) is 0. The summed E-state index contributed by atoms with van der Waals surface area (Å²) in [6, 6.07) is 12.3. The molecular formula is C15H13N3O2S. The molecule has 0 saturated carbocycles. The van der Waals surface area contributed by atoms with Crippen LogP contribution < -0.4 is 5.43 Å². The number of thiazole rings is 1. The number of hydrazone groups is 1. The first-order valence-corrected chi connectivity index (χ1v) is 7.13. The van der Waals surface area contributed by atoms with Crippen LogP contribution in [0.2, 0.25) is 0 Å². The van der Waals surface area contributed by atoms with Crippen molar-refractivity contribution in [1.29, 1.82) is 0 Å². The quantitative estimate of drug-likeness (QED) is 0.510. The molecule has 0 amide bonds. The highest BCUT2D eigenvalue weighted by Crippen LogP contribution is 2.26. The first-order valence-electron chi connectivity index (χ1n) is 6.32. The van der Waals surface area contributed by atoms with Gasteiger partial charge in [0.1, 0.15) is 11.5 Å². The SMILES string of the molecule is C/C(=N\Nc1nc2ccccc2s1)c1ccc(O)cc1O. The van der Waals surface area contributed by atoms with E-state index in [-0.39, 0.29) is 11.5 Å². The fourth-order valence-electron chi connectivity index (χ4n) is 1.94. The largest absolute Gasteiger partial charge is 0.508 e. The monoisotopic (exact) mass is 299 g/mol. The van der Waals surface area contributed by atoms with Crippen LogP contribution in [0, 0.1) is 0 Å². The van der Waals surface area contributed by atoms with Crippen molar-refractivity contribution < 1.29 is 10.2 Å². The van der Waals surface area contributed by atoms with Crippen LogP contribution >= 0.6 is 11.3 Å². The third-order valence-electron chi connectivity index (χ3n) is 2.98. The Kier molecular flexibility index (Phi) is 3.45. The van der Waals surface area contributed by atoms with E-state index in [1.54, 1.807) is 13.0 Å². The van der Waals surface area contributed by atoms with Gasteiger partial charge in [-0.1, -0.05) is 23.5 Å². The molecule has 0 bridgehead atoms. The van der Waals surface area contributed by atoms with E-state index >= 15 is 0 Å². The average molecular weight is 299 g/mol. The first kappa shape index (κ1) is 13.4. The van der Waals surface area contributed by atoms with Crippen LogP contribution in [-0.4, -0.2) is 20.9 Å². The third kappa shape index (κ3) is 2.80. The Morgan fingerprint density at radius 1 is 1.19 bits per heavy atom. The summed E-state index contributed by atoms with van der Waals surface area (Å²) in [4.78, 5) is 4.41. The van der Waals surface area contributed by atoms with Crippen molar-refractivity contribution in [2.24, 2.45) is 5.10 Å². The smallest absolute Gasteiger partial charge is 0.204 e. The van der Waals surface area contributed by atoms with Crippen LogP contribution in [0.5, 0.6) is 11.5 Å². The zero-order valence-electron chi connectivity index (χ0n) is 11.2. The van der Waals surface area contributed by atoms with E-state index in [0.29, 0.717) is 16.4 Å². The van der Waals surface area contributed by atoms with Gasteiger partial charge < -0.3 is 10.2 Å². The number of anilines is 1. The topological polar surface area (TPSA) is 77.7 Å². The van der Waals surface area contributed by atoms with Crippen molar-refractivity contribution in [3.63, 3.8) is 0 Å². The molecular weight excluding hydrogens is 286 g/mol. The number of aromatic hydroxyl groups is 2. The number of aromatic nitrogens is 1. The molecule has 0 aliphatic carbocycles. The van der Waals surface area contributed by atoms with Crippen molar-refractivity contribution >= 4 is 32.4 Å². The van der Waals surface area contributed by atoms with Crippen LogP contribution in [0.3, 0.4) is 0 Å². The normalized spacial score (nSPS) is 11.8. The van der Waals surface area contributed by atoms with Gasteiger partial charge in [-0.2, -0.15) is 5.10 Å². The summed E-state index contributed by atoms with van der Waals surface area (Å²) < 4.78 is 1.08. The van der Waals surface area contributed by atoms with E-state index in [0.717, 1.165) is 10.2 Å². The van der Waals surface area contributed by atoms with Gasteiger partial charge in [0.05, 0.1) is 15.9 Å². The molecule has 1 aromatic heterocycles. The second-order valence-corrected chi connectivity index (χ2v) is 5.53. The number of hydrogen-bond acceptors (Lipinski definition) is 6. The number of nitrogens with one attached hydrogen (secondary N) is 1. The fraction of sp³-hybridized carbons (Fsp3) is 0.0667. The van der Waals surface area contributed by atoms with Gasteiger partial charge in [-0.25, -0.2) is 4.98 Å².